The van der Waals surface area contributed by atoms with Crippen LogP contribution in [0.1, 0.15) is 34.3 Å². The summed E-state index contributed by atoms with van der Waals surface area (Å²) in [6, 6.07) is 13.2. The van der Waals surface area contributed by atoms with Crippen LogP contribution in [0.2, 0.25) is 0 Å². The number of nitrogens with one attached hydrogen (secondary N) is 1. The summed E-state index contributed by atoms with van der Waals surface area (Å²) in [5, 5.41) is 3.01. The largest absolute Gasteiger partial charge is 0.496 e. The van der Waals surface area contributed by atoms with Crippen LogP contribution in [-0.2, 0) is 11.3 Å². The van der Waals surface area contributed by atoms with Crippen LogP contribution in [0.3, 0.4) is 0 Å². The molecule has 2 aromatic rings. The van der Waals surface area contributed by atoms with Crippen molar-refractivity contribution < 1.29 is 14.3 Å². The number of benzene rings is 2. The van der Waals surface area contributed by atoms with E-state index in [1.54, 1.807) is 19.2 Å². The van der Waals surface area contributed by atoms with Gasteiger partial charge in [-0.25, -0.2) is 0 Å². The highest BCUT2D eigenvalue weighted by atomic mass is 16.5. The lowest BCUT2D eigenvalue weighted by molar-refractivity contribution is -0.123. The molecule has 2 amide bonds. The van der Waals surface area contributed by atoms with Crippen LogP contribution < -0.4 is 15.8 Å². The standard InChI is InChI=1S/C22H27N3O3/c1-15-9-10-16(12-20(15)28-2)22(27)24-19-8-4-3-6-17(19)13-25-11-5-7-18(14-25)21(23)26/h3-4,6,8-10,12,18H,5,7,11,13-14H2,1-2H3,(H2,23,26)(H,24,27). The first-order valence-corrected chi connectivity index (χ1v) is 9.53. The Kier molecular flexibility index (Phi) is 6.31. The van der Waals surface area contributed by atoms with Crippen molar-refractivity contribution in [2.24, 2.45) is 11.7 Å². The van der Waals surface area contributed by atoms with Crippen molar-refractivity contribution in [1.82, 2.24) is 4.90 Å². The molecule has 1 fully saturated rings. The van der Waals surface area contributed by atoms with E-state index in [0.29, 0.717) is 24.4 Å². The van der Waals surface area contributed by atoms with E-state index in [1.807, 2.05) is 37.3 Å². The van der Waals surface area contributed by atoms with Crippen molar-refractivity contribution in [3.8, 4) is 5.75 Å². The molecule has 3 rings (SSSR count). The van der Waals surface area contributed by atoms with Gasteiger partial charge in [-0.2, -0.15) is 0 Å². The van der Waals surface area contributed by atoms with Gasteiger partial charge < -0.3 is 15.8 Å². The molecule has 6 heteroatoms. The molecule has 3 N–H and O–H groups in total. The molecule has 1 aliphatic rings. The third-order valence-electron chi connectivity index (χ3n) is 5.24. The van der Waals surface area contributed by atoms with Gasteiger partial charge in [0, 0.05) is 24.3 Å². The molecule has 0 aromatic heterocycles. The van der Waals surface area contributed by atoms with Crippen LogP contribution in [0.5, 0.6) is 5.75 Å². The molecule has 0 aliphatic carbocycles. The van der Waals surface area contributed by atoms with Gasteiger partial charge in [0.1, 0.15) is 5.75 Å². The number of carbonyl (C=O) groups excluding carboxylic acids is 2. The molecular weight excluding hydrogens is 354 g/mol. The fraction of sp³-hybridized carbons (Fsp3) is 0.364. The van der Waals surface area contributed by atoms with Gasteiger partial charge in [-0.1, -0.05) is 24.3 Å². The zero-order chi connectivity index (χ0) is 20.1. The highest BCUT2D eigenvalue weighted by molar-refractivity contribution is 6.05. The second-order valence-electron chi connectivity index (χ2n) is 7.27. The van der Waals surface area contributed by atoms with E-state index in [9.17, 15) is 9.59 Å². The summed E-state index contributed by atoms with van der Waals surface area (Å²) < 4.78 is 5.32. The van der Waals surface area contributed by atoms with Gasteiger partial charge in [-0.3, -0.25) is 14.5 Å². The van der Waals surface area contributed by atoms with E-state index in [4.69, 9.17) is 10.5 Å². The molecule has 28 heavy (non-hydrogen) atoms. The number of amides is 2. The van der Waals surface area contributed by atoms with Crippen LogP contribution in [0, 0.1) is 12.8 Å². The highest BCUT2D eigenvalue weighted by Gasteiger charge is 2.24. The number of ether oxygens (including phenoxy) is 1. The SMILES string of the molecule is COc1cc(C(=O)Nc2ccccc2CN2CCCC(C(N)=O)C2)ccc1C. The Bertz CT molecular complexity index is 866. The van der Waals surface area contributed by atoms with Crippen LogP contribution in [0.25, 0.3) is 0 Å². The third-order valence-corrected chi connectivity index (χ3v) is 5.24. The molecule has 6 nitrogen and oxygen atoms in total. The molecule has 1 saturated heterocycles. The number of para-hydroxylation sites is 1. The van der Waals surface area contributed by atoms with Crippen molar-refractivity contribution in [2.75, 3.05) is 25.5 Å². The van der Waals surface area contributed by atoms with E-state index in [0.717, 1.165) is 36.2 Å². The summed E-state index contributed by atoms with van der Waals surface area (Å²) in [5.41, 5.74) is 8.80. The number of likely N-dealkylation sites (tertiary alicyclic amines) is 1. The van der Waals surface area contributed by atoms with Crippen molar-refractivity contribution >= 4 is 17.5 Å². The van der Waals surface area contributed by atoms with Crippen LogP contribution in [0.15, 0.2) is 42.5 Å². The number of nitrogens with zero attached hydrogens (tertiary/aromatic N) is 1. The van der Waals surface area contributed by atoms with Gasteiger partial charge in [0.05, 0.1) is 13.0 Å². The lowest BCUT2D eigenvalue weighted by Crippen LogP contribution is -2.40. The fourth-order valence-corrected chi connectivity index (χ4v) is 3.61. The molecule has 148 valence electrons. The number of aryl methyl sites for hydroxylation is 1. The van der Waals surface area contributed by atoms with Crippen LogP contribution in [0.4, 0.5) is 5.69 Å². The number of primary amides is 1. The average molecular weight is 381 g/mol. The van der Waals surface area contributed by atoms with Gasteiger partial charge in [-0.05, 0) is 55.6 Å². The van der Waals surface area contributed by atoms with Crippen molar-refractivity contribution in [3.63, 3.8) is 0 Å². The molecule has 1 atom stereocenters. The van der Waals surface area contributed by atoms with Gasteiger partial charge in [0.15, 0.2) is 0 Å². The minimum Gasteiger partial charge on any atom is -0.496 e. The van der Waals surface area contributed by atoms with E-state index >= 15 is 0 Å². The Hall–Kier alpha value is -2.86. The topological polar surface area (TPSA) is 84.7 Å². The van der Waals surface area contributed by atoms with Gasteiger partial charge in [0.25, 0.3) is 5.91 Å². The van der Waals surface area contributed by atoms with E-state index in [1.165, 1.54) is 0 Å². The average Bonchev–Trinajstić information content (AvgIpc) is 2.70. The van der Waals surface area contributed by atoms with E-state index in [2.05, 4.69) is 10.2 Å². The zero-order valence-electron chi connectivity index (χ0n) is 16.4. The number of carbonyl (C=O) groups is 2. The summed E-state index contributed by atoms with van der Waals surface area (Å²) in [6.45, 7) is 4.18. The predicted octanol–water partition coefficient (Wildman–Crippen LogP) is 2.95. The van der Waals surface area contributed by atoms with Gasteiger partial charge >= 0.3 is 0 Å². The minimum atomic E-state index is -0.236. The number of methoxy groups -OCH3 is 1. The Labute approximate surface area is 165 Å². The second kappa shape index (κ2) is 8.89. The Morgan fingerprint density at radius 1 is 1.25 bits per heavy atom. The van der Waals surface area contributed by atoms with E-state index in [-0.39, 0.29) is 17.7 Å². The number of hydrogen-bond acceptors (Lipinski definition) is 4. The van der Waals surface area contributed by atoms with Crippen LogP contribution >= 0.6 is 0 Å². The van der Waals surface area contributed by atoms with Crippen molar-refractivity contribution in [2.45, 2.75) is 26.3 Å². The lowest BCUT2D eigenvalue weighted by Gasteiger charge is -2.31. The summed E-state index contributed by atoms with van der Waals surface area (Å²) in [4.78, 5) is 26.5. The zero-order valence-corrected chi connectivity index (χ0v) is 16.4. The summed E-state index contributed by atoms with van der Waals surface area (Å²) in [6.07, 6.45) is 1.80. The summed E-state index contributed by atoms with van der Waals surface area (Å²) in [7, 11) is 1.59. The Balaban J connectivity index is 1.73. The third kappa shape index (κ3) is 4.70. The first-order chi connectivity index (χ1) is 13.5. The highest BCUT2D eigenvalue weighted by Crippen LogP contribution is 2.24. The Morgan fingerprint density at radius 2 is 2.04 bits per heavy atom. The quantitative estimate of drug-likeness (QED) is 0.806. The predicted molar refractivity (Wildman–Crippen MR) is 109 cm³/mol. The Morgan fingerprint density at radius 3 is 2.79 bits per heavy atom. The first-order valence-electron chi connectivity index (χ1n) is 9.53. The van der Waals surface area contributed by atoms with Crippen molar-refractivity contribution in [1.29, 1.82) is 0 Å². The molecule has 2 aromatic carbocycles. The maximum atomic E-state index is 12.7. The number of anilines is 1. The molecule has 1 heterocycles. The minimum absolute atomic E-state index is 0.101. The number of hydrogen-bond donors (Lipinski definition) is 2. The van der Waals surface area contributed by atoms with Gasteiger partial charge in [0.2, 0.25) is 5.91 Å². The molecule has 0 spiro atoms. The van der Waals surface area contributed by atoms with E-state index < -0.39 is 0 Å². The molecular formula is C22H27N3O3. The molecule has 0 radical (unpaired) electrons. The molecule has 0 bridgehead atoms. The summed E-state index contributed by atoms with van der Waals surface area (Å²) >= 11 is 0. The molecule has 1 unspecified atom stereocenters. The normalized spacial score (nSPS) is 17.1. The summed E-state index contributed by atoms with van der Waals surface area (Å²) in [5.74, 6) is 0.168. The fourth-order valence-electron chi connectivity index (χ4n) is 3.61. The van der Waals surface area contributed by atoms with Crippen LogP contribution in [-0.4, -0.2) is 36.9 Å². The molecule has 1 aliphatic heterocycles. The maximum Gasteiger partial charge on any atom is 0.255 e. The maximum absolute atomic E-state index is 12.7. The number of rotatable bonds is 6. The molecule has 0 saturated carbocycles. The smallest absolute Gasteiger partial charge is 0.255 e. The second-order valence-corrected chi connectivity index (χ2v) is 7.27. The monoisotopic (exact) mass is 381 g/mol. The lowest BCUT2D eigenvalue weighted by atomic mass is 9.97. The van der Waals surface area contributed by atoms with Gasteiger partial charge in [-0.15, -0.1) is 0 Å². The number of piperidine rings is 1. The number of nitrogens with two attached hydrogens (primary N) is 1. The first kappa shape index (κ1) is 19.9. The van der Waals surface area contributed by atoms with Crippen molar-refractivity contribution in [3.05, 3.63) is 59.2 Å².